The number of rotatable bonds is 5. The second kappa shape index (κ2) is 8.17. The van der Waals surface area contributed by atoms with E-state index < -0.39 is 5.25 Å². The van der Waals surface area contributed by atoms with Crippen LogP contribution in [0.2, 0.25) is 0 Å². The summed E-state index contributed by atoms with van der Waals surface area (Å²) in [6.45, 7) is 3.75. The first-order valence-electron chi connectivity index (χ1n) is 4.53. The first-order chi connectivity index (χ1) is 6.61. The Morgan fingerprint density at radius 1 is 1.43 bits per heavy atom. The average molecular weight is 236 g/mol. The Kier molecular flexibility index (Phi) is 8.08. The predicted octanol–water partition coefficient (Wildman–Crippen LogP) is 2.93. The molecule has 0 heterocycles. The molecule has 0 bridgehead atoms. The van der Waals surface area contributed by atoms with Gasteiger partial charge in [-0.05, 0) is 13.3 Å². The van der Waals surface area contributed by atoms with Crippen molar-refractivity contribution in [3.05, 3.63) is 0 Å². The van der Waals surface area contributed by atoms with Crippen LogP contribution in [0.3, 0.4) is 0 Å². The van der Waals surface area contributed by atoms with E-state index in [0.29, 0.717) is 0 Å². The first-order valence-corrected chi connectivity index (χ1v) is 6.39. The number of methoxy groups -OCH3 is 1. The molecule has 0 amide bonds. The standard InChI is InChI=1S/C9H16O3S2/c1-4-5-6-13-9(11)14-7(2)8(10)12-3/h7H,4-6H2,1-3H3. The van der Waals surface area contributed by atoms with Crippen molar-refractivity contribution in [3.63, 3.8) is 0 Å². The number of unbranched alkanes of at least 4 members (excludes halogenated alkanes) is 1. The molecule has 1 atom stereocenters. The molecule has 0 aromatic heterocycles. The minimum Gasteiger partial charge on any atom is -0.468 e. The van der Waals surface area contributed by atoms with Crippen LogP contribution < -0.4 is 0 Å². The minimum absolute atomic E-state index is 0.00338. The van der Waals surface area contributed by atoms with E-state index >= 15 is 0 Å². The van der Waals surface area contributed by atoms with Crippen molar-refractivity contribution in [2.45, 2.75) is 31.9 Å². The Balaban J connectivity index is 3.65. The molecule has 0 fully saturated rings. The summed E-state index contributed by atoms with van der Waals surface area (Å²) in [7, 11) is 1.33. The lowest BCUT2D eigenvalue weighted by Crippen LogP contribution is -2.15. The highest BCUT2D eigenvalue weighted by Gasteiger charge is 2.17. The van der Waals surface area contributed by atoms with Crippen molar-refractivity contribution < 1.29 is 14.3 Å². The fraction of sp³-hybridized carbons (Fsp3) is 0.778. The Morgan fingerprint density at radius 3 is 2.57 bits per heavy atom. The van der Waals surface area contributed by atoms with E-state index in [4.69, 9.17) is 0 Å². The fourth-order valence-corrected chi connectivity index (χ4v) is 2.73. The zero-order valence-corrected chi connectivity index (χ0v) is 10.4. The molecule has 0 aromatic carbocycles. The Labute approximate surface area is 93.3 Å². The van der Waals surface area contributed by atoms with Crippen molar-refractivity contribution in [3.8, 4) is 0 Å². The monoisotopic (exact) mass is 236 g/mol. The summed E-state index contributed by atoms with van der Waals surface area (Å²) in [5.41, 5.74) is 0. The molecule has 0 N–H and O–H groups in total. The van der Waals surface area contributed by atoms with Crippen LogP contribution in [-0.2, 0) is 9.53 Å². The van der Waals surface area contributed by atoms with E-state index in [1.54, 1.807) is 6.92 Å². The smallest absolute Gasteiger partial charge is 0.318 e. The molecule has 0 aliphatic rings. The van der Waals surface area contributed by atoms with Gasteiger partial charge in [-0.1, -0.05) is 36.9 Å². The van der Waals surface area contributed by atoms with Crippen LogP contribution >= 0.6 is 23.5 Å². The minimum atomic E-state index is -0.401. The molecule has 1 unspecified atom stereocenters. The fourth-order valence-electron chi connectivity index (χ4n) is 0.692. The number of ether oxygens (including phenoxy) is 1. The molecule has 0 saturated carbocycles. The quantitative estimate of drug-likeness (QED) is 0.542. The molecule has 0 spiro atoms. The van der Waals surface area contributed by atoms with Gasteiger partial charge in [-0.2, -0.15) is 0 Å². The van der Waals surface area contributed by atoms with Crippen molar-refractivity contribution in [1.82, 2.24) is 0 Å². The Morgan fingerprint density at radius 2 is 2.07 bits per heavy atom. The molecular formula is C9H16O3S2. The lowest BCUT2D eigenvalue weighted by Gasteiger charge is -2.06. The summed E-state index contributed by atoms with van der Waals surface area (Å²) in [4.78, 5) is 22.2. The van der Waals surface area contributed by atoms with Gasteiger partial charge < -0.3 is 4.74 Å². The van der Waals surface area contributed by atoms with Crippen molar-refractivity contribution in [2.24, 2.45) is 0 Å². The second-order valence-corrected chi connectivity index (χ2v) is 5.37. The third-order valence-electron chi connectivity index (χ3n) is 1.52. The van der Waals surface area contributed by atoms with Crippen LogP contribution in [0.5, 0.6) is 0 Å². The summed E-state index contributed by atoms with van der Waals surface area (Å²) in [5, 5.41) is -0.401. The van der Waals surface area contributed by atoms with Gasteiger partial charge in [-0.25, -0.2) is 0 Å². The van der Waals surface area contributed by atoms with Gasteiger partial charge in [-0.15, -0.1) is 0 Å². The van der Waals surface area contributed by atoms with E-state index in [2.05, 4.69) is 11.7 Å². The molecule has 0 saturated heterocycles. The van der Waals surface area contributed by atoms with E-state index in [1.165, 1.54) is 18.9 Å². The van der Waals surface area contributed by atoms with Gasteiger partial charge in [0, 0.05) is 5.75 Å². The van der Waals surface area contributed by atoms with Crippen molar-refractivity contribution in [1.29, 1.82) is 0 Å². The lowest BCUT2D eigenvalue weighted by molar-refractivity contribution is -0.139. The number of hydrogen-bond donors (Lipinski definition) is 0. The highest BCUT2D eigenvalue weighted by Crippen LogP contribution is 2.22. The zero-order valence-electron chi connectivity index (χ0n) is 8.74. The first kappa shape index (κ1) is 13.8. The van der Waals surface area contributed by atoms with Gasteiger partial charge in [0.1, 0.15) is 5.25 Å². The van der Waals surface area contributed by atoms with Gasteiger partial charge >= 0.3 is 5.97 Å². The zero-order chi connectivity index (χ0) is 11.0. The number of carbonyl (C=O) groups excluding carboxylic acids is 2. The van der Waals surface area contributed by atoms with Crippen LogP contribution in [0, 0.1) is 0 Å². The van der Waals surface area contributed by atoms with Gasteiger partial charge in [0.15, 0.2) is 0 Å². The van der Waals surface area contributed by atoms with Crippen LogP contribution in [0.1, 0.15) is 26.7 Å². The number of esters is 1. The summed E-state index contributed by atoms with van der Waals surface area (Å²) in [6.07, 6.45) is 2.11. The lowest BCUT2D eigenvalue weighted by atomic mass is 10.4. The Bertz CT molecular complexity index is 194. The normalized spacial score (nSPS) is 12.2. The molecule has 82 valence electrons. The molecule has 0 aliphatic heterocycles. The number of carbonyl (C=O) groups is 2. The Hall–Kier alpha value is -0.160. The van der Waals surface area contributed by atoms with Gasteiger partial charge in [0.25, 0.3) is 0 Å². The third-order valence-corrected chi connectivity index (χ3v) is 3.63. The summed E-state index contributed by atoms with van der Waals surface area (Å²) in [5.74, 6) is 0.482. The van der Waals surface area contributed by atoms with E-state index in [0.717, 1.165) is 30.4 Å². The highest BCUT2D eigenvalue weighted by atomic mass is 32.2. The number of thioether (sulfide) groups is 2. The van der Waals surface area contributed by atoms with Crippen LogP contribution in [0.4, 0.5) is 4.79 Å². The second-order valence-electron chi connectivity index (χ2n) is 2.74. The molecule has 0 radical (unpaired) electrons. The SMILES string of the molecule is CCCCSC(=O)SC(C)C(=O)OC. The molecule has 14 heavy (non-hydrogen) atoms. The number of hydrogen-bond acceptors (Lipinski definition) is 5. The van der Waals surface area contributed by atoms with Crippen LogP contribution in [-0.4, -0.2) is 28.5 Å². The molecule has 0 rings (SSSR count). The molecule has 0 aromatic rings. The topological polar surface area (TPSA) is 43.4 Å². The van der Waals surface area contributed by atoms with Gasteiger partial charge in [0.05, 0.1) is 7.11 Å². The van der Waals surface area contributed by atoms with Crippen LogP contribution in [0.15, 0.2) is 0 Å². The third kappa shape index (κ3) is 6.32. The van der Waals surface area contributed by atoms with Gasteiger partial charge in [-0.3, -0.25) is 9.59 Å². The van der Waals surface area contributed by atoms with E-state index in [9.17, 15) is 9.59 Å². The van der Waals surface area contributed by atoms with Gasteiger partial charge in [0.2, 0.25) is 4.45 Å². The maximum absolute atomic E-state index is 11.3. The maximum atomic E-state index is 11.3. The van der Waals surface area contributed by atoms with Crippen LogP contribution in [0.25, 0.3) is 0 Å². The maximum Gasteiger partial charge on any atom is 0.318 e. The largest absolute Gasteiger partial charge is 0.468 e. The van der Waals surface area contributed by atoms with Crippen molar-refractivity contribution >= 4 is 33.9 Å². The van der Waals surface area contributed by atoms with E-state index in [-0.39, 0.29) is 10.4 Å². The summed E-state index contributed by atoms with van der Waals surface area (Å²) < 4.78 is 4.51. The molecule has 0 aliphatic carbocycles. The molecular weight excluding hydrogens is 220 g/mol. The molecule has 5 heteroatoms. The highest BCUT2D eigenvalue weighted by molar-refractivity contribution is 8.38. The average Bonchev–Trinajstić information content (AvgIpc) is 2.16. The molecule has 3 nitrogen and oxygen atoms in total. The van der Waals surface area contributed by atoms with Crippen molar-refractivity contribution in [2.75, 3.05) is 12.9 Å². The predicted molar refractivity (Wildman–Crippen MR) is 61.8 cm³/mol. The summed E-state index contributed by atoms with van der Waals surface area (Å²) >= 11 is 2.31. The van der Waals surface area contributed by atoms with E-state index in [1.807, 2.05) is 0 Å². The summed E-state index contributed by atoms with van der Waals surface area (Å²) in [6, 6.07) is 0.